The number of benzene rings is 4. The molecule has 41 heavy (non-hydrogen) atoms. The Morgan fingerprint density at radius 2 is 1.73 bits per heavy atom. The molecule has 4 aromatic carbocycles. The molecule has 206 valence electrons. The van der Waals surface area contributed by atoms with E-state index >= 15 is 0 Å². The first-order valence-electron chi connectivity index (χ1n) is 13.2. The summed E-state index contributed by atoms with van der Waals surface area (Å²) in [6.07, 6.45) is 1.47. The van der Waals surface area contributed by atoms with Crippen molar-refractivity contribution < 1.29 is 19.0 Å². The third-order valence-corrected chi connectivity index (χ3v) is 7.17. The first-order valence-corrected chi connectivity index (χ1v) is 13.2. The molecule has 1 aliphatic rings. The Morgan fingerprint density at radius 1 is 0.951 bits per heavy atom. The molecule has 0 radical (unpaired) electrons. The number of allylic oxidation sites excluding steroid dienone is 1. The monoisotopic (exact) mass is 547 g/mol. The molecular weight excluding hydrogens is 518 g/mol. The van der Waals surface area contributed by atoms with Gasteiger partial charge in [0.05, 0.1) is 25.5 Å². The van der Waals surface area contributed by atoms with Crippen LogP contribution >= 0.6 is 0 Å². The van der Waals surface area contributed by atoms with E-state index < -0.39 is 6.04 Å². The lowest BCUT2D eigenvalue weighted by Crippen LogP contribution is -2.31. The third kappa shape index (κ3) is 5.05. The molecular formula is C32H29N5O4. The lowest BCUT2D eigenvalue weighted by molar-refractivity contribution is -0.113. The zero-order valence-electron chi connectivity index (χ0n) is 22.9. The van der Waals surface area contributed by atoms with Crippen molar-refractivity contribution in [2.45, 2.75) is 19.6 Å². The van der Waals surface area contributed by atoms with Crippen LogP contribution in [0.1, 0.15) is 24.1 Å². The van der Waals surface area contributed by atoms with Gasteiger partial charge in [0.2, 0.25) is 5.95 Å². The number of carbonyl (C=O) groups is 1. The summed E-state index contributed by atoms with van der Waals surface area (Å²) in [5, 5.41) is 13.0. The summed E-state index contributed by atoms with van der Waals surface area (Å²) in [5.74, 6) is 2.11. The van der Waals surface area contributed by atoms with Crippen LogP contribution in [0, 0.1) is 0 Å². The van der Waals surface area contributed by atoms with E-state index in [0.717, 1.165) is 16.9 Å². The maximum atomic E-state index is 13.8. The zero-order valence-corrected chi connectivity index (χ0v) is 22.9. The average molecular weight is 548 g/mol. The van der Waals surface area contributed by atoms with Crippen molar-refractivity contribution in [1.29, 1.82) is 0 Å². The van der Waals surface area contributed by atoms with E-state index in [-0.39, 0.29) is 5.91 Å². The first-order chi connectivity index (χ1) is 20.1. The molecule has 2 heterocycles. The minimum atomic E-state index is -0.509. The van der Waals surface area contributed by atoms with Gasteiger partial charge in [0, 0.05) is 11.8 Å². The lowest BCUT2D eigenvalue weighted by atomic mass is 9.95. The van der Waals surface area contributed by atoms with E-state index in [9.17, 15) is 4.79 Å². The van der Waals surface area contributed by atoms with Gasteiger partial charge in [0.1, 0.15) is 36.2 Å². The second-order valence-corrected chi connectivity index (χ2v) is 9.61. The Hall–Kier alpha value is -5.31. The van der Waals surface area contributed by atoms with Gasteiger partial charge < -0.3 is 24.8 Å². The Balaban J connectivity index is 1.27. The fraction of sp³-hybridized carbons (Fsp3) is 0.156. The number of nitrogens with one attached hydrogen (secondary N) is 2. The van der Waals surface area contributed by atoms with Gasteiger partial charge in [-0.15, -0.1) is 0 Å². The molecule has 5 aromatic rings. The smallest absolute Gasteiger partial charge is 0.255 e. The molecule has 0 saturated heterocycles. The van der Waals surface area contributed by atoms with E-state index in [2.05, 4.69) is 45.0 Å². The van der Waals surface area contributed by atoms with Crippen molar-refractivity contribution >= 4 is 28.3 Å². The van der Waals surface area contributed by atoms with Crippen LogP contribution in [0.2, 0.25) is 0 Å². The van der Waals surface area contributed by atoms with Gasteiger partial charge in [-0.25, -0.2) is 4.68 Å². The number of fused-ring (bicyclic) bond motifs is 2. The maximum absolute atomic E-state index is 13.8. The second kappa shape index (κ2) is 11.1. The molecule has 0 aliphatic carbocycles. The molecule has 9 nitrogen and oxygen atoms in total. The van der Waals surface area contributed by atoms with Crippen molar-refractivity contribution in [2.75, 3.05) is 24.9 Å². The SMILES string of the molecule is COc1ccc(NC(=O)C2=C(C)Nc3ncnn3[C@H]2c2ccc(OCc3cccc4ccccc34)cc2)c(OC)c1. The minimum absolute atomic E-state index is 0.291. The summed E-state index contributed by atoms with van der Waals surface area (Å²) in [6, 6.07) is 26.9. The standard InChI is InChI=1S/C32H29N5O4/c1-20-29(31(38)36-27-16-15-25(39-2)17-28(27)40-3)30(37-32(35-20)33-19-34-37)22-11-13-24(14-12-22)41-18-23-9-6-8-21-7-4-5-10-26(21)23/h4-17,19,30H,18H2,1-3H3,(H,36,38)(H,33,34,35)/t30-/m0/s1. The zero-order chi connectivity index (χ0) is 28.3. The fourth-order valence-electron chi connectivity index (χ4n) is 5.11. The highest BCUT2D eigenvalue weighted by molar-refractivity contribution is 6.06. The van der Waals surface area contributed by atoms with Gasteiger partial charge in [-0.2, -0.15) is 10.1 Å². The fourth-order valence-corrected chi connectivity index (χ4v) is 5.11. The number of rotatable bonds is 8. The predicted octanol–water partition coefficient (Wildman–Crippen LogP) is 5.96. The Kier molecular flexibility index (Phi) is 6.99. The highest BCUT2D eigenvalue weighted by Crippen LogP contribution is 2.37. The first kappa shape index (κ1) is 25.9. The van der Waals surface area contributed by atoms with Crippen LogP contribution in [0.4, 0.5) is 11.6 Å². The van der Waals surface area contributed by atoms with Crippen LogP contribution in [0.15, 0.2) is 103 Å². The average Bonchev–Trinajstić information content (AvgIpc) is 3.47. The number of anilines is 2. The maximum Gasteiger partial charge on any atom is 0.255 e. The third-order valence-electron chi connectivity index (χ3n) is 7.17. The number of ether oxygens (including phenoxy) is 3. The van der Waals surface area contributed by atoms with E-state index in [1.165, 1.54) is 17.1 Å². The highest BCUT2D eigenvalue weighted by atomic mass is 16.5. The summed E-state index contributed by atoms with van der Waals surface area (Å²) < 4.78 is 18.6. The number of hydrogen-bond donors (Lipinski definition) is 2. The molecule has 0 bridgehead atoms. The van der Waals surface area contributed by atoms with Crippen LogP contribution in [0.3, 0.4) is 0 Å². The topological polar surface area (TPSA) is 99.5 Å². The number of hydrogen-bond acceptors (Lipinski definition) is 7. The summed E-state index contributed by atoms with van der Waals surface area (Å²) in [5.41, 5.74) is 3.69. The molecule has 0 saturated carbocycles. The van der Waals surface area contributed by atoms with E-state index in [4.69, 9.17) is 14.2 Å². The predicted molar refractivity (Wildman–Crippen MR) is 157 cm³/mol. The van der Waals surface area contributed by atoms with Gasteiger partial charge in [0.15, 0.2) is 0 Å². The molecule has 1 aliphatic heterocycles. The molecule has 1 aromatic heterocycles. The Morgan fingerprint density at radius 3 is 2.54 bits per heavy atom. The molecule has 1 atom stereocenters. The number of nitrogens with zero attached hydrogens (tertiary/aromatic N) is 3. The summed E-state index contributed by atoms with van der Waals surface area (Å²) >= 11 is 0. The number of aromatic nitrogens is 3. The number of amides is 1. The van der Waals surface area contributed by atoms with Gasteiger partial charge in [-0.3, -0.25) is 4.79 Å². The van der Waals surface area contributed by atoms with Crippen molar-refractivity contribution in [1.82, 2.24) is 14.8 Å². The van der Waals surface area contributed by atoms with Crippen LogP contribution in [-0.4, -0.2) is 34.9 Å². The van der Waals surface area contributed by atoms with E-state index in [1.807, 2.05) is 49.4 Å². The van der Waals surface area contributed by atoms with Gasteiger partial charge in [-0.05, 0) is 53.1 Å². The molecule has 9 heteroatoms. The van der Waals surface area contributed by atoms with Crippen molar-refractivity contribution in [3.05, 3.63) is 114 Å². The van der Waals surface area contributed by atoms with Crippen molar-refractivity contribution in [3.8, 4) is 17.2 Å². The normalized spacial score (nSPS) is 14.3. The van der Waals surface area contributed by atoms with E-state index in [0.29, 0.717) is 41.0 Å². The van der Waals surface area contributed by atoms with Gasteiger partial charge >= 0.3 is 0 Å². The quantitative estimate of drug-likeness (QED) is 0.247. The highest BCUT2D eigenvalue weighted by Gasteiger charge is 2.33. The Labute approximate surface area is 237 Å². The largest absolute Gasteiger partial charge is 0.497 e. The molecule has 2 N–H and O–H groups in total. The molecule has 6 rings (SSSR count). The summed E-state index contributed by atoms with van der Waals surface area (Å²) in [6.45, 7) is 2.30. The molecule has 0 unspecified atom stereocenters. The lowest BCUT2D eigenvalue weighted by Gasteiger charge is -2.29. The minimum Gasteiger partial charge on any atom is -0.497 e. The number of carbonyl (C=O) groups excluding carboxylic acids is 1. The van der Waals surface area contributed by atoms with Crippen molar-refractivity contribution in [2.24, 2.45) is 0 Å². The summed E-state index contributed by atoms with van der Waals surface area (Å²) in [7, 11) is 3.13. The van der Waals surface area contributed by atoms with Gasteiger partial charge in [-0.1, -0.05) is 54.6 Å². The number of methoxy groups -OCH3 is 2. The van der Waals surface area contributed by atoms with Crippen LogP contribution < -0.4 is 24.8 Å². The Bertz CT molecular complexity index is 1750. The van der Waals surface area contributed by atoms with Gasteiger partial charge in [0.25, 0.3) is 5.91 Å². The second-order valence-electron chi connectivity index (χ2n) is 9.61. The van der Waals surface area contributed by atoms with Crippen LogP contribution in [0.25, 0.3) is 10.8 Å². The molecule has 0 spiro atoms. The van der Waals surface area contributed by atoms with E-state index in [1.54, 1.807) is 37.1 Å². The van der Waals surface area contributed by atoms with Crippen LogP contribution in [0.5, 0.6) is 17.2 Å². The molecule has 1 amide bonds. The van der Waals surface area contributed by atoms with Crippen LogP contribution in [-0.2, 0) is 11.4 Å². The van der Waals surface area contributed by atoms with Crippen molar-refractivity contribution in [3.63, 3.8) is 0 Å². The molecule has 0 fully saturated rings. The summed E-state index contributed by atoms with van der Waals surface area (Å²) in [4.78, 5) is 18.1.